The third-order valence-corrected chi connectivity index (χ3v) is 5.29. The fourth-order valence-electron chi connectivity index (χ4n) is 3.57. The molecule has 9 nitrogen and oxygen atoms in total. The van der Waals surface area contributed by atoms with Gasteiger partial charge in [-0.05, 0) is 19.1 Å². The van der Waals surface area contributed by atoms with Gasteiger partial charge in [-0.25, -0.2) is 4.79 Å². The van der Waals surface area contributed by atoms with Crippen molar-refractivity contribution in [2.24, 2.45) is 0 Å². The molecule has 0 radical (unpaired) electrons. The molecule has 1 heterocycles. The van der Waals surface area contributed by atoms with Crippen molar-refractivity contribution in [3.8, 4) is 17.2 Å². The molecule has 1 fully saturated rings. The fourth-order valence-corrected chi connectivity index (χ4v) is 3.57. The van der Waals surface area contributed by atoms with E-state index in [1.165, 1.54) is 16.8 Å². The largest absolute Gasteiger partial charge is 0.493 e. The van der Waals surface area contributed by atoms with E-state index in [0.717, 1.165) is 38.3 Å². The Morgan fingerprint density at radius 3 is 2.21 bits per heavy atom. The number of carbonyl (C=O) groups is 2. The van der Waals surface area contributed by atoms with E-state index in [0.29, 0.717) is 17.2 Å². The van der Waals surface area contributed by atoms with E-state index >= 15 is 0 Å². The first-order valence-corrected chi connectivity index (χ1v) is 9.43. The van der Waals surface area contributed by atoms with Crippen LogP contribution in [-0.4, -0.2) is 72.5 Å². The Hall–Kier alpha value is -2.52. The molecule has 1 aliphatic rings. The highest BCUT2D eigenvalue weighted by Gasteiger charge is 2.32. The Kier molecular flexibility index (Phi) is 7.89. The molecular formula is C19H32N4O5+2. The van der Waals surface area contributed by atoms with Gasteiger partial charge in [0.2, 0.25) is 5.75 Å². The number of carbonyl (C=O) groups excluding carboxylic acids is 2. The molecule has 0 saturated carbocycles. The zero-order valence-electron chi connectivity index (χ0n) is 17.3. The van der Waals surface area contributed by atoms with Crippen LogP contribution in [0.3, 0.4) is 0 Å². The van der Waals surface area contributed by atoms with Crippen molar-refractivity contribution in [2.45, 2.75) is 19.5 Å². The smallest absolute Gasteiger partial charge is 0.321 e. The van der Waals surface area contributed by atoms with Crippen LogP contribution < -0.4 is 34.6 Å². The van der Waals surface area contributed by atoms with Crippen molar-refractivity contribution in [3.05, 3.63) is 17.7 Å². The Bertz CT molecular complexity index is 689. The molecular weight excluding hydrogens is 364 g/mol. The first kappa shape index (κ1) is 21.8. The highest BCUT2D eigenvalue weighted by atomic mass is 16.5. The molecule has 1 aromatic carbocycles. The number of urea groups is 1. The maximum atomic E-state index is 12.2. The van der Waals surface area contributed by atoms with Crippen molar-refractivity contribution in [2.75, 3.05) is 54.6 Å². The quantitative estimate of drug-likeness (QED) is 0.421. The molecule has 0 bridgehead atoms. The van der Waals surface area contributed by atoms with Crippen molar-refractivity contribution in [1.82, 2.24) is 10.6 Å². The molecule has 1 atom stereocenters. The first-order chi connectivity index (χ1) is 13.4. The lowest BCUT2D eigenvalue weighted by Crippen LogP contribution is -3.29. The second-order valence-corrected chi connectivity index (χ2v) is 6.87. The number of nitrogens with one attached hydrogen (secondary N) is 4. The molecule has 3 amide bonds. The third-order valence-electron chi connectivity index (χ3n) is 5.29. The van der Waals surface area contributed by atoms with Gasteiger partial charge in [-0.2, -0.15) is 0 Å². The number of rotatable bonds is 7. The maximum Gasteiger partial charge on any atom is 0.321 e. The summed E-state index contributed by atoms with van der Waals surface area (Å²) in [5, 5.41) is 4.76. The summed E-state index contributed by atoms with van der Waals surface area (Å²) in [6.45, 7) is 6.21. The van der Waals surface area contributed by atoms with Gasteiger partial charge in [0, 0.05) is 7.05 Å². The third kappa shape index (κ3) is 5.05. The summed E-state index contributed by atoms with van der Waals surface area (Å²) in [4.78, 5) is 26.1. The molecule has 0 aromatic heterocycles. The number of benzene rings is 1. The lowest BCUT2D eigenvalue weighted by atomic mass is 10.1. The van der Waals surface area contributed by atoms with Crippen LogP contribution in [0, 0.1) is 0 Å². The lowest BCUT2D eigenvalue weighted by molar-refractivity contribution is -1.02. The van der Waals surface area contributed by atoms with Crippen LogP contribution in [-0.2, 0) is 11.3 Å². The summed E-state index contributed by atoms with van der Waals surface area (Å²) in [5.74, 6) is 1.69. The average Bonchev–Trinajstić information content (AvgIpc) is 2.72. The summed E-state index contributed by atoms with van der Waals surface area (Å²) in [6, 6.07) is 3.16. The minimum Gasteiger partial charge on any atom is -0.493 e. The number of methoxy groups -OCH3 is 3. The minimum absolute atomic E-state index is 0.251. The van der Waals surface area contributed by atoms with E-state index in [-0.39, 0.29) is 11.9 Å². The van der Waals surface area contributed by atoms with Crippen LogP contribution in [0.4, 0.5) is 4.79 Å². The van der Waals surface area contributed by atoms with Crippen LogP contribution in [0.15, 0.2) is 12.1 Å². The molecule has 9 heteroatoms. The van der Waals surface area contributed by atoms with E-state index in [9.17, 15) is 9.59 Å². The minimum atomic E-state index is -0.471. The van der Waals surface area contributed by atoms with Crippen LogP contribution in [0.2, 0.25) is 0 Å². The van der Waals surface area contributed by atoms with Crippen molar-refractivity contribution < 1.29 is 33.6 Å². The van der Waals surface area contributed by atoms with Gasteiger partial charge in [0.25, 0.3) is 5.91 Å². The SMILES string of the molecule is CNC(=O)NC(=O)[C@@H](C)[NH+]1CC[NH+](Cc2ccc(OC)c(OC)c2OC)CC1. The molecule has 2 rings (SSSR count). The monoisotopic (exact) mass is 396 g/mol. The summed E-state index contributed by atoms with van der Waals surface area (Å²) >= 11 is 0. The van der Waals surface area contributed by atoms with E-state index < -0.39 is 6.03 Å². The van der Waals surface area contributed by atoms with Gasteiger partial charge >= 0.3 is 6.03 Å². The predicted octanol–water partition coefficient (Wildman–Crippen LogP) is -2.16. The molecule has 4 N–H and O–H groups in total. The lowest BCUT2D eigenvalue weighted by Gasteiger charge is -2.32. The summed E-state index contributed by atoms with van der Waals surface area (Å²) in [6.07, 6.45) is 0. The molecule has 1 aliphatic heterocycles. The number of piperazine rings is 1. The average molecular weight is 396 g/mol. The van der Waals surface area contributed by atoms with E-state index in [1.807, 2.05) is 19.1 Å². The number of ether oxygens (including phenoxy) is 3. The van der Waals surface area contributed by atoms with E-state index in [1.54, 1.807) is 21.3 Å². The van der Waals surface area contributed by atoms with Gasteiger partial charge in [-0.1, -0.05) is 0 Å². The summed E-state index contributed by atoms with van der Waals surface area (Å²) < 4.78 is 16.4. The maximum absolute atomic E-state index is 12.2. The van der Waals surface area contributed by atoms with Gasteiger partial charge in [0.1, 0.15) is 32.7 Å². The van der Waals surface area contributed by atoms with Crippen LogP contribution in [0.25, 0.3) is 0 Å². The highest BCUT2D eigenvalue weighted by Crippen LogP contribution is 2.39. The summed E-state index contributed by atoms with van der Waals surface area (Å²) in [7, 11) is 6.33. The van der Waals surface area contributed by atoms with Gasteiger partial charge in [-0.15, -0.1) is 0 Å². The number of amides is 3. The Balaban J connectivity index is 1.97. The second kappa shape index (κ2) is 10.1. The van der Waals surface area contributed by atoms with E-state index in [4.69, 9.17) is 14.2 Å². The van der Waals surface area contributed by atoms with Crippen molar-refractivity contribution >= 4 is 11.9 Å². The van der Waals surface area contributed by atoms with E-state index in [2.05, 4.69) is 10.6 Å². The fraction of sp³-hybridized carbons (Fsp3) is 0.579. The molecule has 0 unspecified atom stereocenters. The number of hydrogen-bond acceptors (Lipinski definition) is 5. The van der Waals surface area contributed by atoms with Gasteiger partial charge in [0.05, 0.1) is 26.9 Å². The van der Waals surface area contributed by atoms with Crippen LogP contribution in [0.1, 0.15) is 12.5 Å². The van der Waals surface area contributed by atoms with Crippen LogP contribution >= 0.6 is 0 Å². The molecule has 1 aromatic rings. The summed E-state index contributed by atoms with van der Waals surface area (Å²) in [5.41, 5.74) is 1.06. The number of imide groups is 1. The first-order valence-electron chi connectivity index (χ1n) is 9.43. The van der Waals surface area contributed by atoms with Crippen molar-refractivity contribution in [1.29, 1.82) is 0 Å². The normalized spacial score (nSPS) is 20.0. The van der Waals surface area contributed by atoms with Crippen LogP contribution in [0.5, 0.6) is 17.2 Å². The molecule has 0 spiro atoms. The molecule has 1 saturated heterocycles. The molecule has 0 aliphatic carbocycles. The van der Waals surface area contributed by atoms with Gasteiger partial charge < -0.3 is 29.3 Å². The zero-order chi connectivity index (χ0) is 20.7. The van der Waals surface area contributed by atoms with Crippen molar-refractivity contribution in [3.63, 3.8) is 0 Å². The highest BCUT2D eigenvalue weighted by molar-refractivity contribution is 5.96. The standard InChI is InChI=1S/C19H30N4O5/c1-13(18(24)21-19(25)20-2)23-10-8-22(9-11-23)12-14-6-7-15(26-3)17(28-5)16(14)27-4/h6-7,13H,8-12H2,1-5H3,(H2,20,21,24,25)/p+2/t13-/m1/s1. The Morgan fingerprint density at radius 1 is 1.04 bits per heavy atom. The van der Waals surface area contributed by atoms with Gasteiger partial charge in [0.15, 0.2) is 17.5 Å². The second-order valence-electron chi connectivity index (χ2n) is 6.87. The predicted molar refractivity (Wildman–Crippen MR) is 103 cm³/mol. The zero-order valence-corrected chi connectivity index (χ0v) is 17.3. The molecule has 156 valence electrons. The molecule has 28 heavy (non-hydrogen) atoms. The number of quaternary nitrogens is 2. The number of hydrogen-bond donors (Lipinski definition) is 4. The Labute approximate surface area is 165 Å². The van der Waals surface area contributed by atoms with Gasteiger partial charge in [-0.3, -0.25) is 10.1 Å². The Morgan fingerprint density at radius 2 is 1.68 bits per heavy atom. The topological polar surface area (TPSA) is 94.8 Å².